The molecular formula is C11H13NO4S2. The van der Waals surface area contributed by atoms with Crippen molar-refractivity contribution in [3.63, 3.8) is 0 Å². The van der Waals surface area contributed by atoms with Crippen molar-refractivity contribution < 1.29 is 18.3 Å². The van der Waals surface area contributed by atoms with E-state index in [2.05, 4.69) is 10.6 Å². The molecule has 0 aromatic carbocycles. The molecule has 1 aromatic heterocycles. The minimum Gasteiger partial charge on any atom is -0.477 e. The van der Waals surface area contributed by atoms with Gasteiger partial charge in [0.25, 0.3) is 10.0 Å². The number of carbonyl (C=O) groups is 1. The Morgan fingerprint density at radius 1 is 1.56 bits per heavy atom. The van der Waals surface area contributed by atoms with E-state index in [0.29, 0.717) is 16.9 Å². The molecule has 0 fully saturated rings. The molecule has 18 heavy (non-hydrogen) atoms. The number of aryl methyl sites for hydroxylation is 1. The first-order valence-electron chi connectivity index (χ1n) is 4.94. The van der Waals surface area contributed by atoms with Gasteiger partial charge in [-0.3, -0.25) is 0 Å². The van der Waals surface area contributed by atoms with Gasteiger partial charge in [-0.1, -0.05) is 5.92 Å². The van der Waals surface area contributed by atoms with E-state index in [1.165, 1.54) is 6.07 Å². The van der Waals surface area contributed by atoms with Crippen LogP contribution >= 0.6 is 11.3 Å². The summed E-state index contributed by atoms with van der Waals surface area (Å²) in [5.41, 5.74) is -0.619. The van der Waals surface area contributed by atoms with Crippen LogP contribution in [0.2, 0.25) is 0 Å². The van der Waals surface area contributed by atoms with Crippen molar-refractivity contribution in [3.8, 4) is 12.3 Å². The van der Waals surface area contributed by atoms with Gasteiger partial charge in [0.15, 0.2) is 0 Å². The summed E-state index contributed by atoms with van der Waals surface area (Å²) in [5, 5.41) is 8.89. The molecule has 0 atom stereocenters. The maximum atomic E-state index is 12.0. The topological polar surface area (TPSA) is 83.5 Å². The third kappa shape index (κ3) is 3.10. The first-order chi connectivity index (χ1) is 8.09. The minimum absolute atomic E-state index is 0.00823. The third-order valence-electron chi connectivity index (χ3n) is 2.10. The van der Waals surface area contributed by atoms with Gasteiger partial charge in [0.05, 0.1) is 5.54 Å². The van der Waals surface area contributed by atoms with Crippen molar-refractivity contribution in [1.82, 2.24) is 4.72 Å². The second kappa shape index (κ2) is 4.72. The molecular weight excluding hydrogens is 274 g/mol. The molecule has 0 bridgehead atoms. The minimum atomic E-state index is -3.80. The Morgan fingerprint density at radius 3 is 2.50 bits per heavy atom. The summed E-state index contributed by atoms with van der Waals surface area (Å²) in [6, 6.07) is 1.32. The fraction of sp³-hybridized carbons (Fsp3) is 0.364. The summed E-state index contributed by atoms with van der Waals surface area (Å²) in [5.74, 6) is 1.17. The van der Waals surface area contributed by atoms with E-state index in [0.717, 1.165) is 0 Å². The molecule has 0 aliphatic rings. The molecule has 1 rings (SSSR count). The number of rotatable bonds is 4. The Hall–Kier alpha value is -1.36. The molecule has 1 aromatic rings. The smallest absolute Gasteiger partial charge is 0.346 e. The number of carboxylic acid groups (broad SMARTS) is 1. The highest BCUT2D eigenvalue weighted by atomic mass is 32.2. The van der Waals surface area contributed by atoms with Gasteiger partial charge in [-0.2, -0.15) is 4.72 Å². The Kier molecular flexibility index (Phi) is 3.86. The molecule has 0 unspecified atom stereocenters. The first-order valence-corrected chi connectivity index (χ1v) is 7.24. The van der Waals surface area contributed by atoms with E-state index in [9.17, 15) is 13.2 Å². The number of aromatic carboxylic acids is 1. The number of sulfonamides is 1. The molecule has 0 aliphatic heterocycles. The van der Waals surface area contributed by atoms with Gasteiger partial charge in [-0.05, 0) is 32.4 Å². The van der Waals surface area contributed by atoms with Gasteiger partial charge >= 0.3 is 5.97 Å². The van der Waals surface area contributed by atoms with E-state index in [4.69, 9.17) is 11.5 Å². The zero-order chi connectivity index (χ0) is 14.1. The van der Waals surface area contributed by atoms with E-state index in [-0.39, 0.29) is 9.09 Å². The maximum Gasteiger partial charge on any atom is 0.346 e. The van der Waals surface area contributed by atoms with Gasteiger partial charge < -0.3 is 5.11 Å². The number of carboxylic acids is 1. The molecule has 0 amide bonds. The van der Waals surface area contributed by atoms with Crippen molar-refractivity contribution in [2.24, 2.45) is 0 Å². The zero-order valence-electron chi connectivity index (χ0n) is 10.1. The van der Waals surface area contributed by atoms with E-state index in [1.807, 2.05) is 0 Å². The zero-order valence-corrected chi connectivity index (χ0v) is 11.8. The largest absolute Gasteiger partial charge is 0.477 e. The standard InChI is InChI=1S/C11H13NO4S2/c1-5-11(3,4)12-18(15,16)8-6-7(2)9(17-8)10(13)14/h1,6,12H,2-4H3,(H,13,14). The number of thiophene rings is 1. The highest BCUT2D eigenvalue weighted by Gasteiger charge is 2.27. The van der Waals surface area contributed by atoms with Crippen LogP contribution in [-0.2, 0) is 10.0 Å². The van der Waals surface area contributed by atoms with Crippen molar-refractivity contribution in [2.45, 2.75) is 30.5 Å². The lowest BCUT2D eigenvalue weighted by atomic mass is 10.1. The fourth-order valence-corrected chi connectivity index (χ4v) is 3.93. The lowest BCUT2D eigenvalue weighted by Gasteiger charge is -2.18. The maximum absolute atomic E-state index is 12.0. The molecule has 5 nitrogen and oxygen atoms in total. The Labute approximate surface area is 110 Å². The molecule has 0 saturated heterocycles. The van der Waals surface area contributed by atoms with Gasteiger partial charge in [0.1, 0.15) is 9.09 Å². The molecule has 0 spiro atoms. The normalized spacial score (nSPS) is 12.1. The van der Waals surface area contributed by atoms with Crippen LogP contribution < -0.4 is 4.72 Å². The van der Waals surface area contributed by atoms with Crippen LogP contribution in [0.5, 0.6) is 0 Å². The number of hydrogen-bond donors (Lipinski definition) is 2. The van der Waals surface area contributed by atoms with Crippen LogP contribution in [0.1, 0.15) is 29.1 Å². The van der Waals surface area contributed by atoms with Crippen LogP contribution in [-0.4, -0.2) is 25.0 Å². The fourth-order valence-electron chi connectivity index (χ4n) is 1.21. The molecule has 1 heterocycles. The predicted octanol–water partition coefficient (Wildman–Crippen LogP) is 1.44. The second-order valence-corrected chi connectivity index (χ2v) is 7.22. The predicted molar refractivity (Wildman–Crippen MR) is 69.2 cm³/mol. The Morgan fingerprint density at radius 2 is 2.11 bits per heavy atom. The second-order valence-electron chi connectivity index (χ2n) is 4.26. The molecule has 98 valence electrons. The lowest BCUT2D eigenvalue weighted by Crippen LogP contribution is -2.41. The van der Waals surface area contributed by atoms with Crippen LogP contribution in [0.3, 0.4) is 0 Å². The Bertz CT molecular complexity index is 620. The van der Waals surface area contributed by atoms with Crippen molar-refractivity contribution in [3.05, 3.63) is 16.5 Å². The highest BCUT2D eigenvalue weighted by molar-refractivity contribution is 7.91. The molecule has 2 N–H and O–H groups in total. The monoisotopic (exact) mass is 287 g/mol. The summed E-state index contributed by atoms with van der Waals surface area (Å²) in [7, 11) is -3.80. The van der Waals surface area contributed by atoms with Crippen molar-refractivity contribution in [1.29, 1.82) is 0 Å². The molecule has 7 heteroatoms. The molecule has 0 saturated carbocycles. The summed E-state index contributed by atoms with van der Waals surface area (Å²) in [6.45, 7) is 4.64. The van der Waals surface area contributed by atoms with Gasteiger partial charge in [0, 0.05) is 0 Å². The summed E-state index contributed by atoms with van der Waals surface area (Å²) in [4.78, 5) is 10.9. The van der Waals surface area contributed by atoms with Crippen LogP contribution in [0.25, 0.3) is 0 Å². The summed E-state index contributed by atoms with van der Waals surface area (Å²) < 4.78 is 26.3. The SMILES string of the molecule is C#CC(C)(C)NS(=O)(=O)c1cc(C)c(C(=O)O)s1. The lowest BCUT2D eigenvalue weighted by molar-refractivity contribution is 0.0701. The van der Waals surface area contributed by atoms with Crippen LogP contribution in [0, 0.1) is 19.3 Å². The molecule has 0 radical (unpaired) electrons. The average Bonchev–Trinajstić information content (AvgIpc) is 2.59. The number of nitrogens with one attached hydrogen (secondary N) is 1. The highest BCUT2D eigenvalue weighted by Crippen LogP contribution is 2.26. The molecule has 0 aliphatic carbocycles. The van der Waals surface area contributed by atoms with E-state index >= 15 is 0 Å². The van der Waals surface area contributed by atoms with Gasteiger partial charge in [0.2, 0.25) is 0 Å². The number of terminal acetylenes is 1. The quantitative estimate of drug-likeness (QED) is 0.821. The van der Waals surface area contributed by atoms with Crippen molar-refractivity contribution >= 4 is 27.3 Å². The average molecular weight is 287 g/mol. The first kappa shape index (κ1) is 14.7. The van der Waals surface area contributed by atoms with Crippen molar-refractivity contribution in [2.75, 3.05) is 0 Å². The van der Waals surface area contributed by atoms with E-state index in [1.54, 1.807) is 20.8 Å². The van der Waals surface area contributed by atoms with E-state index < -0.39 is 21.5 Å². The summed E-state index contributed by atoms with van der Waals surface area (Å²) in [6.07, 6.45) is 5.21. The van der Waals surface area contributed by atoms with Crippen LogP contribution in [0.4, 0.5) is 0 Å². The van der Waals surface area contributed by atoms with Gasteiger partial charge in [-0.15, -0.1) is 17.8 Å². The van der Waals surface area contributed by atoms with Gasteiger partial charge in [-0.25, -0.2) is 13.2 Å². The third-order valence-corrected chi connectivity index (χ3v) is 5.46. The Balaban J connectivity index is 3.19. The van der Waals surface area contributed by atoms with Crippen LogP contribution in [0.15, 0.2) is 10.3 Å². The number of hydrogen-bond acceptors (Lipinski definition) is 4. The summed E-state index contributed by atoms with van der Waals surface area (Å²) >= 11 is 0.707.